The lowest BCUT2D eigenvalue weighted by Gasteiger charge is -2.24. The quantitative estimate of drug-likeness (QED) is 0.110. The second kappa shape index (κ2) is 19.6. The van der Waals surface area contributed by atoms with E-state index in [-0.39, 0.29) is 22.5 Å². The molecule has 1 fully saturated rings. The van der Waals surface area contributed by atoms with Crippen LogP contribution in [0.1, 0.15) is 124 Å². The molecule has 14 nitrogen and oxygen atoms in total. The predicted octanol–water partition coefficient (Wildman–Crippen LogP) is 5.89. The van der Waals surface area contributed by atoms with Gasteiger partial charge in [0.05, 0.1) is 0 Å². The highest BCUT2D eigenvalue weighted by Gasteiger charge is 2.26. The fourth-order valence-corrected chi connectivity index (χ4v) is 9.72. The third-order valence-electron chi connectivity index (χ3n) is 13.4. The van der Waals surface area contributed by atoms with Crippen LogP contribution in [0.4, 0.5) is 0 Å². The van der Waals surface area contributed by atoms with Crippen LogP contribution < -0.4 is 22.5 Å². The summed E-state index contributed by atoms with van der Waals surface area (Å²) < 4.78 is 8.91. The van der Waals surface area contributed by atoms with E-state index >= 15 is 0 Å². The van der Waals surface area contributed by atoms with Crippen molar-refractivity contribution in [2.75, 3.05) is 13.1 Å². The van der Waals surface area contributed by atoms with Crippen LogP contribution >= 0.6 is 0 Å². The summed E-state index contributed by atoms with van der Waals surface area (Å²) in [6.45, 7) is 2.30. The van der Waals surface area contributed by atoms with Crippen molar-refractivity contribution in [3.8, 4) is 0 Å². The Kier molecular flexibility index (Phi) is 14.0. The van der Waals surface area contributed by atoms with E-state index in [2.05, 4.69) is 50.2 Å². The Labute approximate surface area is 357 Å². The SMILES string of the molecule is Cn1c(=O)c2c(nc(CCCCCCCC3CCc4ccccc43)n2C)n(C)c1=O.Cn1c(=O)c2c(nc(CCCCCCN3CCCC3c3cccnc3)n2C)n(C)c1=O. The number of aryl methyl sites for hydroxylation is 7. The Balaban J connectivity index is 0.000000184. The van der Waals surface area contributed by atoms with E-state index in [0.29, 0.717) is 28.4 Å². The Morgan fingerprint density at radius 1 is 0.607 bits per heavy atom. The molecule has 8 rings (SSSR count). The van der Waals surface area contributed by atoms with Crippen LogP contribution in [-0.4, -0.2) is 60.3 Å². The summed E-state index contributed by atoms with van der Waals surface area (Å²) in [6, 6.07) is 13.7. The molecule has 2 unspecified atom stereocenters. The number of hydrogen-bond acceptors (Lipinski definition) is 8. The van der Waals surface area contributed by atoms with Gasteiger partial charge in [0.2, 0.25) is 0 Å². The molecule has 6 aromatic rings. The zero-order chi connectivity index (χ0) is 43.2. The van der Waals surface area contributed by atoms with Crippen LogP contribution in [0, 0.1) is 0 Å². The number of pyridine rings is 1. The molecule has 1 aromatic carbocycles. The van der Waals surface area contributed by atoms with Crippen molar-refractivity contribution >= 4 is 22.3 Å². The van der Waals surface area contributed by atoms with E-state index in [4.69, 9.17) is 0 Å². The molecule has 2 atom stereocenters. The third kappa shape index (κ3) is 9.29. The molecule has 2 aliphatic rings. The zero-order valence-corrected chi connectivity index (χ0v) is 37.1. The average Bonchev–Trinajstić information content (AvgIpc) is 4.07. The lowest BCUT2D eigenvalue weighted by Crippen LogP contribution is -2.37. The molecule has 0 spiro atoms. The van der Waals surface area contributed by atoms with Crippen molar-refractivity contribution in [3.05, 3.63) is 119 Å². The first-order valence-electron chi connectivity index (χ1n) is 22.4. The number of imidazole rings is 2. The summed E-state index contributed by atoms with van der Waals surface area (Å²) in [5, 5.41) is 0. The van der Waals surface area contributed by atoms with Gasteiger partial charge < -0.3 is 9.13 Å². The summed E-state index contributed by atoms with van der Waals surface area (Å²) in [5.74, 6) is 2.51. The summed E-state index contributed by atoms with van der Waals surface area (Å²) in [5.41, 5.74) is 5.20. The first-order chi connectivity index (χ1) is 29.5. The van der Waals surface area contributed by atoms with E-state index in [1.54, 1.807) is 25.2 Å². The Bertz CT molecular complexity index is 2700. The number of aromatic nitrogens is 9. The van der Waals surface area contributed by atoms with Crippen LogP contribution in [0.2, 0.25) is 0 Å². The molecule has 14 heteroatoms. The summed E-state index contributed by atoms with van der Waals surface area (Å²) >= 11 is 0. The third-order valence-corrected chi connectivity index (χ3v) is 13.4. The van der Waals surface area contributed by atoms with E-state index < -0.39 is 0 Å². The largest absolute Gasteiger partial charge is 0.332 e. The van der Waals surface area contributed by atoms with Gasteiger partial charge in [0, 0.05) is 73.6 Å². The van der Waals surface area contributed by atoms with Crippen molar-refractivity contribution in [2.24, 2.45) is 42.3 Å². The Hall–Kier alpha value is -5.37. The first-order valence-corrected chi connectivity index (χ1v) is 22.4. The Morgan fingerprint density at radius 3 is 1.79 bits per heavy atom. The zero-order valence-electron chi connectivity index (χ0n) is 37.1. The minimum absolute atomic E-state index is 0.275. The van der Waals surface area contributed by atoms with Gasteiger partial charge >= 0.3 is 11.4 Å². The summed E-state index contributed by atoms with van der Waals surface area (Å²) in [6.07, 6.45) is 22.4. The molecular weight excluding hydrogens is 769 g/mol. The van der Waals surface area contributed by atoms with Crippen molar-refractivity contribution < 1.29 is 0 Å². The fraction of sp³-hybridized carbons (Fsp3) is 0.553. The second-order valence-electron chi connectivity index (χ2n) is 17.3. The number of unbranched alkanes of at least 4 members (excludes halogenated alkanes) is 7. The van der Waals surface area contributed by atoms with Gasteiger partial charge in [-0.05, 0) is 93.1 Å². The van der Waals surface area contributed by atoms with Crippen LogP contribution in [0.25, 0.3) is 22.3 Å². The molecule has 5 aromatic heterocycles. The van der Waals surface area contributed by atoms with Crippen LogP contribution in [0.5, 0.6) is 0 Å². The second-order valence-corrected chi connectivity index (χ2v) is 17.3. The maximum atomic E-state index is 12.5. The van der Waals surface area contributed by atoms with Gasteiger partial charge in [-0.2, -0.15) is 0 Å². The van der Waals surface area contributed by atoms with Crippen LogP contribution in [0.15, 0.2) is 68.0 Å². The van der Waals surface area contributed by atoms with Crippen molar-refractivity contribution in [1.82, 2.24) is 47.3 Å². The molecule has 1 saturated heterocycles. The van der Waals surface area contributed by atoms with E-state index in [9.17, 15) is 19.2 Å². The molecule has 0 saturated carbocycles. The number of nitrogens with zero attached hydrogens (tertiary/aromatic N) is 10. The van der Waals surface area contributed by atoms with Crippen molar-refractivity contribution in [3.63, 3.8) is 0 Å². The van der Waals surface area contributed by atoms with E-state index in [1.807, 2.05) is 41.7 Å². The normalized spacial score (nSPS) is 16.4. The van der Waals surface area contributed by atoms with Gasteiger partial charge in [-0.25, -0.2) is 19.6 Å². The maximum absolute atomic E-state index is 12.5. The maximum Gasteiger partial charge on any atom is 0.332 e. The van der Waals surface area contributed by atoms with Gasteiger partial charge in [-0.1, -0.05) is 68.9 Å². The molecule has 1 aliphatic heterocycles. The fourth-order valence-electron chi connectivity index (χ4n) is 9.72. The van der Waals surface area contributed by atoms with Gasteiger partial charge in [-0.15, -0.1) is 0 Å². The molecule has 0 radical (unpaired) electrons. The highest BCUT2D eigenvalue weighted by molar-refractivity contribution is 5.71. The highest BCUT2D eigenvalue weighted by atomic mass is 16.2. The number of rotatable bonds is 16. The summed E-state index contributed by atoms with van der Waals surface area (Å²) in [4.78, 5) is 65.3. The lowest BCUT2D eigenvalue weighted by atomic mass is 9.94. The van der Waals surface area contributed by atoms with Crippen LogP contribution in [0.3, 0.4) is 0 Å². The molecule has 0 amide bonds. The molecule has 1 aliphatic carbocycles. The van der Waals surface area contributed by atoms with Gasteiger partial charge in [0.25, 0.3) is 11.1 Å². The van der Waals surface area contributed by atoms with Gasteiger partial charge in [0.1, 0.15) is 11.6 Å². The number of hydrogen-bond donors (Lipinski definition) is 0. The van der Waals surface area contributed by atoms with Gasteiger partial charge in [0.15, 0.2) is 22.3 Å². The minimum Gasteiger partial charge on any atom is -0.325 e. The standard InChI is InChI=1S/C24H32N4O2.C23H32N6O2/c1-26-20(25-22-21(26)23(29)28(3)24(30)27(22)2)14-8-6-4-5-7-11-17-15-16-18-12-9-10-13-19(17)18;1-26-19(25-21-20(26)22(30)28(3)23(31)27(21)2)12-6-4-5-7-14-29-15-9-11-18(29)17-10-8-13-24-16-17/h9-10,12-13,17H,4-8,11,14-16H2,1-3H3;8,10,13,16,18H,4-7,9,11-12,14-15H2,1-3H3. The van der Waals surface area contributed by atoms with Gasteiger partial charge in [-0.3, -0.25) is 37.7 Å². The predicted molar refractivity (Wildman–Crippen MR) is 241 cm³/mol. The monoisotopic (exact) mass is 833 g/mol. The Morgan fingerprint density at radius 2 is 1.18 bits per heavy atom. The average molecular weight is 833 g/mol. The lowest BCUT2D eigenvalue weighted by molar-refractivity contribution is 0.250. The highest BCUT2D eigenvalue weighted by Crippen LogP contribution is 2.36. The van der Waals surface area contributed by atoms with E-state index in [1.165, 1.54) is 106 Å². The molecular formula is C47H64N10O4. The molecule has 61 heavy (non-hydrogen) atoms. The topological polar surface area (TPSA) is 140 Å². The van der Waals surface area contributed by atoms with Crippen molar-refractivity contribution in [1.29, 1.82) is 0 Å². The smallest absolute Gasteiger partial charge is 0.325 e. The first kappa shape index (κ1) is 43.7. The number of likely N-dealkylation sites (tertiary alicyclic amines) is 1. The van der Waals surface area contributed by atoms with E-state index in [0.717, 1.165) is 65.3 Å². The molecule has 6 heterocycles. The van der Waals surface area contributed by atoms with Crippen molar-refractivity contribution in [2.45, 2.75) is 115 Å². The molecule has 0 bridgehead atoms. The molecule has 0 N–H and O–H groups in total. The minimum atomic E-state index is -0.339. The summed E-state index contributed by atoms with van der Waals surface area (Å²) in [7, 11) is 10.1. The molecule has 326 valence electrons. The number of fused-ring (bicyclic) bond motifs is 3. The van der Waals surface area contributed by atoms with Crippen LogP contribution in [-0.2, 0) is 61.5 Å². The number of benzene rings is 1.